The van der Waals surface area contributed by atoms with Crippen molar-refractivity contribution < 1.29 is 14.4 Å². The molecule has 0 unspecified atom stereocenters. The van der Waals surface area contributed by atoms with Crippen LogP contribution in [0.2, 0.25) is 0 Å². The van der Waals surface area contributed by atoms with Gasteiger partial charge in [-0.15, -0.1) is 0 Å². The van der Waals surface area contributed by atoms with Gasteiger partial charge in [-0.3, -0.25) is 0 Å². The monoisotopic (exact) mass is 233 g/mol. The number of nitrogens with two attached hydrogens (primary N) is 1. The van der Waals surface area contributed by atoms with E-state index in [2.05, 4.69) is 5.16 Å². The number of benzene rings is 1. The SMILES string of the molecule is CC1=NO[C@H]2OC(=O)N(N)[C@@]12c1ccccc1. The summed E-state index contributed by atoms with van der Waals surface area (Å²) in [5.74, 6) is 5.82. The van der Waals surface area contributed by atoms with Crippen molar-refractivity contribution in [2.75, 3.05) is 0 Å². The zero-order chi connectivity index (χ0) is 12.0. The van der Waals surface area contributed by atoms with Crippen molar-refractivity contribution >= 4 is 11.8 Å². The van der Waals surface area contributed by atoms with Crippen LogP contribution >= 0.6 is 0 Å². The van der Waals surface area contributed by atoms with Gasteiger partial charge in [0.25, 0.3) is 0 Å². The van der Waals surface area contributed by atoms with Gasteiger partial charge in [-0.25, -0.2) is 15.6 Å². The van der Waals surface area contributed by atoms with Crippen LogP contribution < -0.4 is 5.84 Å². The van der Waals surface area contributed by atoms with Gasteiger partial charge in [-0.05, 0) is 12.5 Å². The zero-order valence-electron chi connectivity index (χ0n) is 9.16. The third-order valence-electron chi connectivity index (χ3n) is 3.18. The molecule has 2 aliphatic heterocycles. The van der Waals surface area contributed by atoms with E-state index in [4.69, 9.17) is 15.4 Å². The summed E-state index contributed by atoms with van der Waals surface area (Å²) in [4.78, 5) is 16.7. The molecule has 1 amide bonds. The molecule has 2 aliphatic rings. The maximum Gasteiger partial charge on any atom is 0.428 e. The summed E-state index contributed by atoms with van der Waals surface area (Å²) in [6, 6.07) is 9.34. The van der Waals surface area contributed by atoms with Crippen LogP contribution in [-0.4, -0.2) is 23.1 Å². The van der Waals surface area contributed by atoms with Crippen LogP contribution in [-0.2, 0) is 15.1 Å². The van der Waals surface area contributed by atoms with Crippen LogP contribution in [0.4, 0.5) is 4.79 Å². The van der Waals surface area contributed by atoms with Crippen LogP contribution in [0.3, 0.4) is 0 Å². The number of fused-ring (bicyclic) bond motifs is 1. The highest BCUT2D eigenvalue weighted by Gasteiger charge is 2.63. The Morgan fingerprint density at radius 2 is 2.12 bits per heavy atom. The summed E-state index contributed by atoms with van der Waals surface area (Å²) in [7, 11) is 0. The van der Waals surface area contributed by atoms with Crippen LogP contribution in [0.15, 0.2) is 35.5 Å². The van der Waals surface area contributed by atoms with Crippen molar-refractivity contribution in [3.8, 4) is 0 Å². The summed E-state index contributed by atoms with van der Waals surface area (Å²) in [6.45, 7) is 1.76. The molecule has 6 heteroatoms. The molecule has 1 saturated heterocycles. The van der Waals surface area contributed by atoms with Gasteiger partial charge in [-0.2, -0.15) is 0 Å². The molecule has 0 bridgehead atoms. The molecule has 1 aromatic rings. The van der Waals surface area contributed by atoms with E-state index in [1.54, 1.807) is 6.92 Å². The fraction of sp³-hybridized carbons (Fsp3) is 0.273. The second kappa shape index (κ2) is 3.21. The Kier molecular flexibility index (Phi) is 1.90. The molecule has 1 fully saturated rings. The Morgan fingerprint density at radius 3 is 2.82 bits per heavy atom. The molecule has 0 radical (unpaired) electrons. The van der Waals surface area contributed by atoms with Gasteiger partial charge in [0.1, 0.15) is 0 Å². The van der Waals surface area contributed by atoms with Gasteiger partial charge in [0, 0.05) is 0 Å². The molecule has 1 aromatic carbocycles. The maximum atomic E-state index is 11.6. The number of ether oxygens (including phenoxy) is 1. The fourth-order valence-corrected chi connectivity index (χ4v) is 2.31. The Morgan fingerprint density at radius 1 is 1.41 bits per heavy atom. The Balaban J connectivity index is 2.20. The van der Waals surface area contributed by atoms with Gasteiger partial charge < -0.3 is 9.57 Å². The van der Waals surface area contributed by atoms with E-state index in [-0.39, 0.29) is 0 Å². The van der Waals surface area contributed by atoms with E-state index in [0.717, 1.165) is 10.6 Å². The first-order valence-electron chi connectivity index (χ1n) is 5.19. The minimum absolute atomic E-state index is 0.599. The summed E-state index contributed by atoms with van der Waals surface area (Å²) in [5.41, 5.74) is 0.470. The molecular weight excluding hydrogens is 222 g/mol. The molecule has 0 aromatic heterocycles. The standard InChI is InChI=1S/C11H11N3O3/c1-7-11(8-5-3-2-4-6-8)9(17-13-7)16-10(15)14(11)12/h2-6,9H,12H2,1H3/t9-,11-/m1/s1. The highest BCUT2D eigenvalue weighted by atomic mass is 16.8. The first-order chi connectivity index (χ1) is 8.17. The smallest absolute Gasteiger partial charge is 0.402 e. The largest absolute Gasteiger partial charge is 0.428 e. The third-order valence-corrected chi connectivity index (χ3v) is 3.18. The summed E-state index contributed by atoms with van der Waals surface area (Å²) < 4.78 is 5.05. The van der Waals surface area contributed by atoms with Crippen LogP contribution in [0.1, 0.15) is 12.5 Å². The predicted molar refractivity (Wildman–Crippen MR) is 58.6 cm³/mol. The minimum Gasteiger partial charge on any atom is -0.402 e. The second-order valence-corrected chi connectivity index (χ2v) is 4.00. The summed E-state index contributed by atoms with van der Waals surface area (Å²) in [5, 5.41) is 4.91. The number of carbonyl (C=O) groups excluding carboxylic acids is 1. The highest BCUT2D eigenvalue weighted by Crippen LogP contribution is 2.43. The van der Waals surface area contributed by atoms with Crippen LogP contribution in [0, 0.1) is 0 Å². The van der Waals surface area contributed by atoms with Crippen molar-refractivity contribution in [3.05, 3.63) is 35.9 Å². The topological polar surface area (TPSA) is 77.2 Å². The number of hydrazine groups is 1. The molecule has 2 heterocycles. The molecule has 2 N–H and O–H groups in total. The molecular formula is C11H11N3O3. The number of rotatable bonds is 1. The van der Waals surface area contributed by atoms with E-state index in [1.165, 1.54) is 0 Å². The molecule has 0 aliphatic carbocycles. The average Bonchev–Trinajstić information content (AvgIpc) is 2.80. The van der Waals surface area contributed by atoms with Crippen molar-refractivity contribution in [3.63, 3.8) is 0 Å². The van der Waals surface area contributed by atoms with E-state index in [1.807, 2.05) is 30.3 Å². The van der Waals surface area contributed by atoms with Gasteiger partial charge >= 0.3 is 12.4 Å². The van der Waals surface area contributed by atoms with Gasteiger partial charge in [-0.1, -0.05) is 35.5 Å². The van der Waals surface area contributed by atoms with Crippen LogP contribution in [0.5, 0.6) is 0 Å². The van der Waals surface area contributed by atoms with E-state index in [9.17, 15) is 4.79 Å². The Labute approximate surface area is 97.6 Å². The lowest BCUT2D eigenvalue weighted by atomic mass is 9.85. The lowest BCUT2D eigenvalue weighted by Gasteiger charge is -2.30. The van der Waals surface area contributed by atoms with E-state index < -0.39 is 17.9 Å². The number of carbonyl (C=O) groups is 1. The lowest BCUT2D eigenvalue weighted by molar-refractivity contribution is -0.0904. The van der Waals surface area contributed by atoms with Gasteiger partial charge in [0.15, 0.2) is 0 Å². The van der Waals surface area contributed by atoms with E-state index in [0.29, 0.717) is 5.71 Å². The number of amides is 1. The normalized spacial score (nSPS) is 30.7. The van der Waals surface area contributed by atoms with Gasteiger partial charge in [0.05, 0.1) is 5.71 Å². The highest BCUT2D eigenvalue weighted by molar-refractivity contribution is 5.98. The average molecular weight is 233 g/mol. The predicted octanol–water partition coefficient (Wildman–Crippen LogP) is 0.940. The number of hydrogen-bond donors (Lipinski definition) is 1. The number of nitrogens with zero attached hydrogens (tertiary/aromatic N) is 2. The molecule has 2 atom stereocenters. The molecule has 6 nitrogen and oxygen atoms in total. The molecule has 0 spiro atoms. The number of hydrogen-bond acceptors (Lipinski definition) is 5. The lowest BCUT2D eigenvalue weighted by Crippen LogP contribution is -2.54. The Hall–Kier alpha value is -2.08. The molecule has 17 heavy (non-hydrogen) atoms. The minimum atomic E-state index is -0.946. The quantitative estimate of drug-likeness (QED) is 0.578. The zero-order valence-corrected chi connectivity index (χ0v) is 9.16. The molecule has 0 saturated carbocycles. The van der Waals surface area contributed by atoms with Crippen molar-refractivity contribution in [1.82, 2.24) is 5.01 Å². The summed E-state index contributed by atoms with van der Waals surface area (Å²) in [6.07, 6.45) is -1.43. The van der Waals surface area contributed by atoms with Crippen molar-refractivity contribution in [1.29, 1.82) is 0 Å². The maximum absolute atomic E-state index is 11.6. The second-order valence-electron chi connectivity index (χ2n) is 4.00. The van der Waals surface area contributed by atoms with Crippen LogP contribution in [0.25, 0.3) is 0 Å². The van der Waals surface area contributed by atoms with Crippen molar-refractivity contribution in [2.45, 2.75) is 18.8 Å². The van der Waals surface area contributed by atoms with Crippen molar-refractivity contribution in [2.24, 2.45) is 11.0 Å². The van der Waals surface area contributed by atoms with E-state index >= 15 is 0 Å². The summed E-state index contributed by atoms with van der Waals surface area (Å²) >= 11 is 0. The third kappa shape index (κ3) is 1.07. The number of oxime groups is 1. The molecule has 3 rings (SSSR count). The van der Waals surface area contributed by atoms with Gasteiger partial charge in [0.2, 0.25) is 5.54 Å². The fourth-order valence-electron chi connectivity index (χ4n) is 2.31. The molecule has 88 valence electrons. The first-order valence-corrected chi connectivity index (χ1v) is 5.19. The first kappa shape index (κ1) is 10.1. The Bertz CT molecular complexity index is 502.